The molecule has 0 unspecified atom stereocenters. The van der Waals surface area contributed by atoms with E-state index in [1.165, 1.54) is 6.07 Å². The maximum atomic E-state index is 13.8. The Morgan fingerprint density at radius 1 is 1.29 bits per heavy atom. The third kappa shape index (κ3) is 2.59. The lowest BCUT2D eigenvalue weighted by Crippen LogP contribution is -2.12. The molecule has 106 valence electrons. The first-order valence-electron chi connectivity index (χ1n) is 6.05. The van der Waals surface area contributed by atoms with Crippen LogP contribution in [0.15, 0.2) is 45.7 Å². The largest absolute Gasteiger partial charge is 0.399 e. The second-order valence-electron chi connectivity index (χ2n) is 4.41. The first-order valence-corrected chi connectivity index (χ1v) is 6.84. The molecule has 0 fully saturated rings. The summed E-state index contributed by atoms with van der Waals surface area (Å²) in [5.41, 5.74) is 6.46. The molecule has 4 N–H and O–H groups in total. The van der Waals surface area contributed by atoms with Crippen molar-refractivity contribution in [3.63, 3.8) is 0 Å². The van der Waals surface area contributed by atoms with Gasteiger partial charge >= 0.3 is 0 Å². The van der Waals surface area contributed by atoms with Gasteiger partial charge in [0.1, 0.15) is 5.82 Å². The normalized spacial score (nSPS) is 10.8. The summed E-state index contributed by atoms with van der Waals surface area (Å²) in [5, 5.41) is 3.15. The first-order chi connectivity index (χ1) is 10.0. The number of benzene rings is 2. The smallest absolute Gasteiger partial charge is 0.260 e. The molecule has 1 heterocycles. The molecule has 3 aromatic rings. The molecule has 0 radical (unpaired) electrons. The summed E-state index contributed by atoms with van der Waals surface area (Å²) in [6.07, 6.45) is 0. The van der Waals surface area contributed by atoms with E-state index >= 15 is 0 Å². The SMILES string of the molecule is Nc1ccc2nc(Nc3c(F)cccc3Br)[nH]c(=O)c2c1. The lowest BCUT2D eigenvalue weighted by molar-refractivity contribution is 0.631. The highest BCUT2D eigenvalue weighted by atomic mass is 79.9. The van der Waals surface area contributed by atoms with Gasteiger partial charge in [0, 0.05) is 10.2 Å². The molecule has 7 heteroatoms. The summed E-state index contributed by atoms with van der Waals surface area (Å²) in [6, 6.07) is 9.41. The van der Waals surface area contributed by atoms with Crippen LogP contribution < -0.4 is 16.6 Å². The Labute approximate surface area is 127 Å². The second-order valence-corrected chi connectivity index (χ2v) is 5.27. The maximum Gasteiger partial charge on any atom is 0.260 e. The minimum absolute atomic E-state index is 0.156. The number of aromatic amines is 1. The Bertz CT molecular complexity index is 874. The van der Waals surface area contributed by atoms with Crippen LogP contribution in [0.4, 0.5) is 21.7 Å². The fourth-order valence-electron chi connectivity index (χ4n) is 1.95. The molecule has 0 saturated carbocycles. The predicted molar refractivity (Wildman–Crippen MR) is 84.2 cm³/mol. The van der Waals surface area contributed by atoms with E-state index in [0.717, 1.165) is 0 Å². The van der Waals surface area contributed by atoms with Gasteiger partial charge in [-0.3, -0.25) is 9.78 Å². The average Bonchev–Trinajstić information content (AvgIpc) is 2.44. The van der Waals surface area contributed by atoms with Gasteiger partial charge in [-0.15, -0.1) is 0 Å². The van der Waals surface area contributed by atoms with Crippen LogP contribution in [0.3, 0.4) is 0 Å². The lowest BCUT2D eigenvalue weighted by Gasteiger charge is -2.09. The monoisotopic (exact) mass is 348 g/mol. The van der Waals surface area contributed by atoms with Crippen molar-refractivity contribution in [1.29, 1.82) is 0 Å². The number of hydrogen-bond donors (Lipinski definition) is 3. The molecule has 0 aliphatic heterocycles. The van der Waals surface area contributed by atoms with Gasteiger partial charge in [-0.05, 0) is 46.3 Å². The Morgan fingerprint density at radius 2 is 2.10 bits per heavy atom. The summed E-state index contributed by atoms with van der Waals surface area (Å²) < 4.78 is 14.3. The van der Waals surface area contributed by atoms with Crippen molar-refractivity contribution in [2.75, 3.05) is 11.1 Å². The van der Waals surface area contributed by atoms with E-state index in [1.807, 2.05) is 0 Å². The molecule has 5 nitrogen and oxygen atoms in total. The number of rotatable bonds is 2. The number of nitrogen functional groups attached to an aromatic ring is 1. The number of nitrogens with zero attached hydrogens (tertiary/aromatic N) is 1. The van der Waals surface area contributed by atoms with Crippen molar-refractivity contribution < 1.29 is 4.39 Å². The van der Waals surface area contributed by atoms with Crippen LogP contribution >= 0.6 is 15.9 Å². The highest BCUT2D eigenvalue weighted by Gasteiger charge is 2.09. The summed E-state index contributed by atoms with van der Waals surface area (Å²) >= 11 is 3.24. The Hall–Kier alpha value is -2.41. The minimum atomic E-state index is -0.454. The number of halogens is 2. The van der Waals surface area contributed by atoms with Gasteiger partial charge in [-0.2, -0.15) is 0 Å². The molecule has 0 amide bonds. The third-order valence-corrected chi connectivity index (χ3v) is 3.60. The summed E-state index contributed by atoms with van der Waals surface area (Å²) in [7, 11) is 0. The number of hydrogen-bond acceptors (Lipinski definition) is 4. The van der Waals surface area contributed by atoms with Crippen LogP contribution in [0.25, 0.3) is 10.9 Å². The Balaban J connectivity index is 2.10. The second kappa shape index (κ2) is 5.17. The minimum Gasteiger partial charge on any atom is -0.399 e. The number of aromatic nitrogens is 2. The zero-order valence-corrected chi connectivity index (χ0v) is 12.2. The molecule has 2 aromatic carbocycles. The molecule has 0 saturated heterocycles. The van der Waals surface area contributed by atoms with Gasteiger partial charge in [0.25, 0.3) is 5.56 Å². The van der Waals surface area contributed by atoms with E-state index in [9.17, 15) is 9.18 Å². The molecule has 3 rings (SSSR count). The number of nitrogens with two attached hydrogens (primary N) is 1. The van der Waals surface area contributed by atoms with E-state index < -0.39 is 5.82 Å². The summed E-state index contributed by atoms with van der Waals surface area (Å²) in [6.45, 7) is 0. The molecule has 21 heavy (non-hydrogen) atoms. The van der Waals surface area contributed by atoms with Gasteiger partial charge < -0.3 is 11.1 Å². The van der Waals surface area contributed by atoms with E-state index in [4.69, 9.17) is 5.73 Å². The van der Waals surface area contributed by atoms with Crippen molar-refractivity contribution >= 4 is 44.2 Å². The average molecular weight is 349 g/mol. The molecule has 0 bridgehead atoms. The maximum absolute atomic E-state index is 13.8. The molecule has 0 aliphatic carbocycles. The van der Waals surface area contributed by atoms with Crippen molar-refractivity contribution in [2.45, 2.75) is 0 Å². The fraction of sp³-hybridized carbons (Fsp3) is 0. The molecule has 0 spiro atoms. The number of H-pyrrole nitrogens is 1. The molecular weight excluding hydrogens is 339 g/mol. The van der Waals surface area contributed by atoms with Crippen LogP contribution in [0.5, 0.6) is 0 Å². The van der Waals surface area contributed by atoms with Gasteiger partial charge in [0.2, 0.25) is 5.95 Å². The molecule has 1 aromatic heterocycles. The molecular formula is C14H10BrFN4O. The summed E-state index contributed by atoms with van der Waals surface area (Å²) in [5.74, 6) is -0.299. The quantitative estimate of drug-likeness (QED) is 0.621. The van der Waals surface area contributed by atoms with Gasteiger partial charge in [0.15, 0.2) is 0 Å². The van der Waals surface area contributed by atoms with E-state index in [-0.39, 0.29) is 17.2 Å². The van der Waals surface area contributed by atoms with Gasteiger partial charge in [-0.25, -0.2) is 9.37 Å². The molecule has 0 aliphatic rings. The van der Waals surface area contributed by atoms with E-state index in [2.05, 4.69) is 31.2 Å². The number of para-hydroxylation sites is 1. The van der Waals surface area contributed by atoms with Crippen LogP contribution in [0.2, 0.25) is 0 Å². The fourth-order valence-corrected chi connectivity index (χ4v) is 2.39. The highest BCUT2D eigenvalue weighted by molar-refractivity contribution is 9.10. The first kappa shape index (κ1) is 13.6. The van der Waals surface area contributed by atoms with Crippen LogP contribution in [0.1, 0.15) is 0 Å². The van der Waals surface area contributed by atoms with Crippen molar-refractivity contribution in [3.05, 3.63) is 57.0 Å². The van der Waals surface area contributed by atoms with Gasteiger partial charge in [0.05, 0.1) is 16.6 Å². The van der Waals surface area contributed by atoms with Gasteiger partial charge in [-0.1, -0.05) is 6.07 Å². The summed E-state index contributed by atoms with van der Waals surface area (Å²) in [4.78, 5) is 18.8. The topological polar surface area (TPSA) is 83.8 Å². The standard InChI is InChI=1S/C14H10BrFN4O/c15-9-2-1-3-10(16)12(9)19-14-18-11-5-4-7(17)6-8(11)13(21)20-14/h1-6H,17H2,(H2,18,19,20,21). The van der Waals surface area contributed by atoms with E-state index in [1.54, 1.807) is 30.3 Å². The van der Waals surface area contributed by atoms with E-state index in [0.29, 0.717) is 21.1 Å². The predicted octanol–water partition coefficient (Wildman–Crippen LogP) is 3.15. The number of nitrogens with one attached hydrogen (secondary N) is 2. The van der Waals surface area contributed by atoms with Crippen molar-refractivity contribution in [2.24, 2.45) is 0 Å². The lowest BCUT2D eigenvalue weighted by atomic mass is 10.2. The number of anilines is 3. The van der Waals surface area contributed by atoms with Crippen molar-refractivity contribution in [3.8, 4) is 0 Å². The number of fused-ring (bicyclic) bond motifs is 1. The Morgan fingerprint density at radius 3 is 2.86 bits per heavy atom. The van der Waals surface area contributed by atoms with Crippen LogP contribution in [-0.2, 0) is 0 Å². The van der Waals surface area contributed by atoms with Crippen LogP contribution in [0, 0.1) is 5.82 Å². The zero-order valence-electron chi connectivity index (χ0n) is 10.7. The van der Waals surface area contributed by atoms with Crippen molar-refractivity contribution in [1.82, 2.24) is 9.97 Å². The Kier molecular flexibility index (Phi) is 3.34. The van der Waals surface area contributed by atoms with Crippen LogP contribution in [-0.4, -0.2) is 9.97 Å². The zero-order chi connectivity index (χ0) is 15.0. The highest BCUT2D eigenvalue weighted by Crippen LogP contribution is 2.27. The third-order valence-electron chi connectivity index (χ3n) is 2.94. The molecule has 0 atom stereocenters.